The van der Waals surface area contributed by atoms with E-state index in [0.717, 1.165) is 27.1 Å². The van der Waals surface area contributed by atoms with Gasteiger partial charge in [-0.1, -0.05) is 51.9 Å². The van der Waals surface area contributed by atoms with Crippen molar-refractivity contribution in [1.29, 1.82) is 0 Å². The molecule has 1 aromatic heterocycles. The molecule has 0 spiro atoms. The Morgan fingerprint density at radius 2 is 1.49 bits per heavy atom. The molecule has 24 nitrogen and oxygen atoms in total. The van der Waals surface area contributed by atoms with E-state index in [2.05, 4.69) is 52.5 Å². The average molecular weight is 1080 g/mol. The fraction of sp³-hybridized carbons (Fsp3) is 0.426. The number of nitrogens with zero attached hydrogens (tertiary/aromatic N) is 1. The molecule has 3 heterocycles. The Balaban J connectivity index is 1.63. The predicted octanol–water partition coefficient (Wildman–Crippen LogP) is -1.82. The van der Waals surface area contributed by atoms with Crippen molar-refractivity contribution in [2.45, 2.75) is 113 Å². The zero-order valence-corrected chi connectivity index (χ0v) is 43.3. The van der Waals surface area contributed by atoms with E-state index in [-0.39, 0.29) is 55.4 Å². The number of phenols is 1. The summed E-state index contributed by atoms with van der Waals surface area (Å²) in [5, 5.41) is 56.5. The van der Waals surface area contributed by atoms with Crippen LogP contribution in [0.1, 0.15) is 51.7 Å². The zero-order valence-electron chi connectivity index (χ0n) is 40.9. The topological polar surface area (TPSA) is 400 Å². The number of aromatic nitrogens is 1. The molecule has 74 heavy (non-hydrogen) atoms. The fourth-order valence-corrected chi connectivity index (χ4v) is 11.0. The van der Waals surface area contributed by atoms with E-state index in [4.69, 9.17) is 17.2 Å². The number of nitrogens with two attached hydrogens (primary N) is 3. The number of guanidine groups is 1. The SMILES string of the molecule is C[C@@H](O)[C@H](NC(=O)[C@@H]1NC(=O)[C@@H]([C@@H](C)O)NC(=O)[C@H](CCCN=C(N)N)NC(=O)[C@H](Cc2c[nH]c3ccccc23)NC(=O)[C@H](Cc2ccc(O)cc2)NC(=O)[C@@H](NC(=O)C2=CSC=CN2)CSSC1(C)C)C(N)=O. The van der Waals surface area contributed by atoms with Gasteiger partial charge < -0.3 is 80.0 Å². The van der Waals surface area contributed by atoms with Crippen molar-refractivity contribution >= 4 is 97.5 Å². The number of H-pyrrole nitrogens is 1. The zero-order chi connectivity index (χ0) is 54.3. The van der Waals surface area contributed by atoms with Crippen LogP contribution in [0, 0.1) is 0 Å². The van der Waals surface area contributed by atoms with Crippen molar-refractivity contribution in [2.24, 2.45) is 22.2 Å². The van der Waals surface area contributed by atoms with Gasteiger partial charge in [0.2, 0.25) is 41.4 Å². The molecule has 0 radical (unpaired) electrons. The summed E-state index contributed by atoms with van der Waals surface area (Å²) in [6.07, 6.45) is -0.343. The van der Waals surface area contributed by atoms with E-state index in [1.807, 2.05) is 6.07 Å². The number of carbonyl (C=O) groups excluding carboxylic acids is 8. The highest BCUT2D eigenvalue weighted by molar-refractivity contribution is 8.77. The minimum atomic E-state index is -1.79. The number of aromatic amines is 1. The van der Waals surface area contributed by atoms with Gasteiger partial charge in [0.25, 0.3) is 5.91 Å². The van der Waals surface area contributed by atoms with Crippen LogP contribution in [0.5, 0.6) is 5.75 Å². The lowest BCUT2D eigenvalue weighted by Crippen LogP contribution is -2.65. The quantitative estimate of drug-likeness (QED) is 0.0345. The maximum absolute atomic E-state index is 14.8. The number of hydrogen-bond donors (Lipinski definition) is 15. The Hall–Kier alpha value is -6.94. The molecule has 9 atom stereocenters. The van der Waals surface area contributed by atoms with E-state index < -0.39 is 107 Å². The molecule has 2 aromatic carbocycles. The first-order chi connectivity index (χ1) is 35.0. The third-order valence-electron chi connectivity index (χ3n) is 11.7. The van der Waals surface area contributed by atoms with Crippen molar-refractivity contribution < 1.29 is 53.7 Å². The smallest absolute Gasteiger partial charge is 0.268 e. The number of amides is 8. The Morgan fingerprint density at radius 3 is 2.12 bits per heavy atom. The summed E-state index contributed by atoms with van der Waals surface area (Å²) in [5.41, 5.74) is 18.5. The number of aliphatic imine (C=N–C) groups is 1. The number of carbonyl (C=O) groups is 8. The summed E-state index contributed by atoms with van der Waals surface area (Å²) in [6.45, 7) is 5.47. The third-order valence-corrected chi connectivity index (χ3v) is 15.6. The number of para-hydroxylation sites is 1. The molecule has 18 N–H and O–H groups in total. The summed E-state index contributed by atoms with van der Waals surface area (Å²) >= 11 is 1.20. The Labute approximate surface area is 438 Å². The van der Waals surface area contributed by atoms with Crippen molar-refractivity contribution in [3.8, 4) is 5.75 Å². The second kappa shape index (κ2) is 26.8. The maximum atomic E-state index is 14.8. The molecule has 1 saturated heterocycles. The number of aromatic hydroxyl groups is 1. The monoisotopic (exact) mass is 1080 g/mol. The molecule has 1 fully saturated rings. The number of nitrogens with one attached hydrogen (secondary N) is 9. The normalized spacial score (nSPS) is 23.4. The molecule has 3 aromatic rings. The first kappa shape index (κ1) is 58.0. The van der Waals surface area contributed by atoms with Crippen LogP contribution in [0.25, 0.3) is 10.9 Å². The van der Waals surface area contributed by atoms with Gasteiger partial charge in [0, 0.05) is 58.6 Å². The summed E-state index contributed by atoms with van der Waals surface area (Å²) < 4.78 is -1.43. The number of aliphatic hydroxyl groups is 2. The second-order valence-corrected chi connectivity index (χ2v) is 21.8. The first-order valence-corrected chi connectivity index (χ1v) is 26.5. The van der Waals surface area contributed by atoms with E-state index in [1.54, 1.807) is 29.8 Å². The van der Waals surface area contributed by atoms with Gasteiger partial charge in [0.15, 0.2) is 5.96 Å². The van der Waals surface area contributed by atoms with Gasteiger partial charge in [-0.15, -0.1) is 11.8 Å². The molecule has 2 aliphatic heterocycles. The Kier molecular flexibility index (Phi) is 21.0. The molecule has 0 bridgehead atoms. The lowest BCUT2D eigenvalue weighted by molar-refractivity contribution is -0.137. The molecule has 400 valence electrons. The van der Waals surface area contributed by atoms with Crippen LogP contribution in [0.3, 0.4) is 0 Å². The summed E-state index contributed by atoms with van der Waals surface area (Å²) in [4.78, 5) is 120. The molecule has 0 unspecified atom stereocenters. The minimum Gasteiger partial charge on any atom is -0.508 e. The molecule has 2 aliphatic rings. The van der Waals surface area contributed by atoms with E-state index in [9.17, 15) is 53.7 Å². The van der Waals surface area contributed by atoms with E-state index >= 15 is 0 Å². The molecular formula is C47H63N13O11S3. The number of hydrogen-bond acceptors (Lipinski definition) is 16. The van der Waals surface area contributed by atoms with Gasteiger partial charge in [0.1, 0.15) is 53.7 Å². The number of primary amides is 1. The average Bonchev–Trinajstić information content (AvgIpc) is 3.76. The number of benzene rings is 2. The number of thioether (sulfide) groups is 1. The lowest BCUT2D eigenvalue weighted by Gasteiger charge is -2.35. The molecule has 5 rings (SSSR count). The van der Waals surface area contributed by atoms with Crippen molar-refractivity contribution in [1.82, 2.24) is 47.5 Å². The van der Waals surface area contributed by atoms with Crippen LogP contribution >= 0.6 is 33.3 Å². The van der Waals surface area contributed by atoms with Gasteiger partial charge in [0.05, 0.1) is 12.2 Å². The van der Waals surface area contributed by atoms with Crippen molar-refractivity contribution in [3.63, 3.8) is 0 Å². The third kappa shape index (κ3) is 16.5. The van der Waals surface area contributed by atoms with Gasteiger partial charge in [-0.2, -0.15) is 0 Å². The highest BCUT2D eigenvalue weighted by Gasteiger charge is 2.43. The van der Waals surface area contributed by atoms with Crippen molar-refractivity contribution in [2.75, 3.05) is 12.3 Å². The molecule has 0 aliphatic carbocycles. The van der Waals surface area contributed by atoms with E-state index in [1.165, 1.54) is 75.3 Å². The van der Waals surface area contributed by atoms with Crippen LogP contribution in [-0.4, -0.2) is 145 Å². The van der Waals surface area contributed by atoms with Crippen LogP contribution < -0.4 is 59.7 Å². The number of aliphatic hydroxyl groups excluding tert-OH is 2. The van der Waals surface area contributed by atoms with Gasteiger partial charge in [-0.05, 0) is 75.3 Å². The van der Waals surface area contributed by atoms with Crippen LogP contribution in [-0.2, 0) is 51.2 Å². The molecule has 27 heteroatoms. The standard InChI is InChI=1S/C47H63N13O11S3/c1-23(61)35(38(48)64)58-45(71)37-47(3,4)74-73-22-34(57-42(68)33-21-72-17-16-51-33)43(69)55-31(18-25-11-13-27(63)14-12-25)40(66)56-32(19-26-20-53-29-9-6-5-8-28(26)29)41(67)54-30(10-7-15-52-46(49)50)39(65)59-36(24(2)62)44(70)60-37/h5-6,8-9,11-14,16-17,20-21,23-24,30-32,34-37,51,53,61-63H,7,10,15,18-19,22H2,1-4H3,(H2,48,64)(H,54,67)(H,55,69)(H,56,66)(H,57,68)(H,58,71)(H,59,65)(H,60,70)(H4,49,50,52)/t23-,24-,30+,31+,32+,34+,35+,36-,37+/m1/s1. The summed E-state index contributed by atoms with van der Waals surface area (Å²) in [7, 11) is 1.94. The number of fused-ring (bicyclic) bond motifs is 1. The lowest BCUT2D eigenvalue weighted by atomic mass is 9.99. The van der Waals surface area contributed by atoms with Crippen LogP contribution in [0.15, 0.2) is 82.4 Å². The van der Waals surface area contributed by atoms with Gasteiger partial charge in [-0.25, -0.2) is 0 Å². The maximum Gasteiger partial charge on any atom is 0.268 e. The highest BCUT2D eigenvalue weighted by atomic mass is 33.1. The fourth-order valence-electron chi connectivity index (χ4n) is 7.65. The van der Waals surface area contributed by atoms with Crippen LogP contribution in [0.4, 0.5) is 0 Å². The first-order valence-electron chi connectivity index (χ1n) is 23.3. The number of rotatable bonds is 15. The van der Waals surface area contributed by atoms with Crippen molar-refractivity contribution in [3.05, 3.63) is 88.6 Å². The highest BCUT2D eigenvalue weighted by Crippen LogP contribution is 2.39. The largest absolute Gasteiger partial charge is 0.508 e. The summed E-state index contributed by atoms with van der Waals surface area (Å²) in [5.74, 6) is -8.01. The Morgan fingerprint density at radius 1 is 0.838 bits per heavy atom. The molecular weight excluding hydrogens is 1020 g/mol. The van der Waals surface area contributed by atoms with E-state index in [0.29, 0.717) is 16.5 Å². The number of phenolic OH excluding ortho intramolecular Hbond substituents is 1. The van der Waals surface area contributed by atoms with Gasteiger partial charge >= 0.3 is 0 Å². The van der Waals surface area contributed by atoms with Gasteiger partial charge in [-0.3, -0.25) is 43.3 Å². The second-order valence-electron chi connectivity index (χ2n) is 18.0. The Bertz CT molecular complexity index is 2620. The predicted molar refractivity (Wildman–Crippen MR) is 282 cm³/mol. The van der Waals surface area contributed by atoms with Crippen LogP contribution in [0.2, 0.25) is 0 Å². The molecule has 8 amide bonds. The molecule has 0 saturated carbocycles. The summed E-state index contributed by atoms with van der Waals surface area (Å²) in [6, 6.07) is 2.18. The minimum absolute atomic E-state index is 0.00230.